The van der Waals surface area contributed by atoms with Gasteiger partial charge < -0.3 is 20.5 Å². The topological polar surface area (TPSA) is 66.4 Å². The summed E-state index contributed by atoms with van der Waals surface area (Å²) in [6, 6.07) is 10.1. The van der Waals surface area contributed by atoms with Gasteiger partial charge in [-0.2, -0.15) is 0 Å². The van der Waals surface area contributed by atoms with Crippen LogP contribution in [0.3, 0.4) is 0 Å². The van der Waals surface area contributed by atoms with Crippen LogP contribution in [-0.4, -0.2) is 43.4 Å². The predicted octanol–water partition coefficient (Wildman–Crippen LogP) is 6.34. The highest BCUT2D eigenvalue weighted by atomic mass is 16.5. The quantitative estimate of drug-likeness (QED) is 0.345. The second kappa shape index (κ2) is 18.9. The Balaban J connectivity index is 0.00000242. The van der Waals surface area contributed by atoms with Crippen molar-refractivity contribution in [2.45, 2.75) is 60.5 Å². The van der Waals surface area contributed by atoms with Crippen molar-refractivity contribution in [1.29, 1.82) is 0 Å². The molecule has 3 N–H and O–H groups in total. The van der Waals surface area contributed by atoms with Gasteiger partial charge in [0.15, 0.2) is 0 Å². The molecule has 0 aliphatic carbocycles. The molecule has 1 atom stereocenters. The van der Waals surface area contributed by atoms with E-state index < -0.39 is 6.10 Å². The van der Waals surface area contributed by atoms with E-state index >= 15 is 0 Å². The number of aliphatic hydroxyl groups is 1. The van der Waals surface area contributed by atoms with E-state index in [9.17, 15) is 5.11 Å². The van der Waals surface area contributed by atoms with E-state index in [1.54, 1.807) is 0 Å². The average Bonchev–Trinajstić information content (AvgIpc) is 2.87. The van der Waals surface area contributed by atoms with Crippen LogP contribution in [0.25, 0.3) is 11.6 Å². The molecule has 0 aliphatic heterocycles. The van der Waals surface area contributed by atoms with Crippen molar-refractivity contribution in [3.63, 3.8) is 0 Å². The standard InChI is InChI=1S/C24H33N3O2.2C2H6/c1-5-6-7-19(21-11-13-24(26-4)27-15-21)9-10-20-14-23(12-8-18(20)2)29-17-22(28)16-25-3;2*1-2/h7-15,22,25,28H,5-6,16-17H2,1-4H3,(H,26,27);2*1-2H3/b10-9-,19-7-;;. The number of allylic oxidation sites excluding steroid dienone is 3. The molecular weight excluding hydrogens is 410 g/mol. The number of rotatable bonds is 11. The van der Waals surface area contributed by atoms with Gasteiger partial charge in [-0.1, -0.05) is 65.3 Å². The number of anilines is 1. The Hall–Kier alpha value is -2.63. The molecule has 184 valence electrons. The van der Waals surface area contributed by atoms with Crippen LogP contribution in [0, 0.1) is 6.92 Å². The zero-order chi connectivity index (χ0) is 25.1. The number of nitrogens with one attached hydrogen (secondary N) is 2. The summed E-state index contributed by atoms with van der Waals surface area (Å²) in [6.07, 6.45) is 9.96. The molecule has 5 nitrogen and oxygen atoms in total. The molecule has 2 aromatic rings. The molecule has 0 bridgehead atoms. The number of ether oxygens (including phenoxy) is 1. The first-order chi connectivity index (χ1) is 16.1. The Labute approximate surface area is 202 Å². The van der Waals surface area contributed by atoms with Crippen molar-refractivity contribution in [3.8, 4) is 5.75 Å². The summed E-state index contributed by atoms with van der Waals surface area (Å²) in [5, 5.41) is 15.8. The van der Waals surface area contributed by atoms with Crippen LogP contribution in [0.1, 0.15) is 64.2 Å². The number of hydrogen-bond donors (Lipinski definition) is 3. The number of aliphatic hydroxyl groups excluding tert-OH is 1. The lowest BCUT2D eigenvalue weighted by Gasteiger charge is -2.13. The van der Waals surface area contributed by atoms with Crippen molar-refractivity contribution in [3.05, 3.63) is 65.4 Å². The van der Waals surface area contributed by atoms with Gasteiger partial charge in [-0.25, -0.2) is 4.98 Å². The van der Waals surface area contributed by atoms with Crippen LogP contribution in [0.2, 0.25) is 0 Å². The lowest BCUT2D eigenvalue weighted by molar-refractivity contribution is 0.108. The monoisotopic (exact) mass is 455 g/mol. The Morgan fingerprint density at radius 1 is 1.12 bits per heavy atom. The number of unbranched alkanes of at least 4 members (excludes halogenated alkanes) is 1. The highest BCUT2D eigenvalue weighted by Gasteiger charge is 2.05. The average molecular weight is 456 g/mol. The lowest BCUT2D eigenvalue weighted by Crippen LogP contribution is -2.29. The van der Waals surface area contributed by atoms with Crippen LogP contribution >= 0.6 is 0 Å². The summed E-state index contributed by atoms with van der Waals surface area (Å²) in [5.41, 5.74) is 4.50. The molecule has 1 aromatic heterocycles. The van der Waals surface area contributed by atoms with Gasteiger partial charge in [0.1, 0.15) is 24.3 Å². The number of aryl methyl sites for hydroxylation is 1. The van der Waals surface area contributed by atoms with Crippen molar-refractivity contribution < 1.29 is 9.84 Å². The minimum atomic E-state index is -0.531. The molecule has 5 heteroatoms. The van der Waals surface area contributed by atoms with Gasteiger partial charge >= 0.3 is 0 Å². The van der Waals surface area contributed by atoms with Crippen LogP contribution in [0.5, 0.6) is 5.75 Å². The Morgan fingerprint density at radius 2 is 1.85 bits per heavy atom. The maximum Gasteiger partial charge on any atom is 0.125 e. The molecule has 1 unspecified atom stereocenters. The molecule has 0 spiro atoms. The number of aromatic nitrogens is 1. The van der Waals surface area contributed by atoms with Crippen LogP contribution in [-0.2, 0) is 0 Å². The Bertz CT molecular complexity index is 814. The fourth-order valence-corrected chi connectivity index (χ4v) is 2.85. The molecule has 1 heterocycles. The largest absolute Gasteiger partial charge is 0.491 e. The SMILES string of the molecule is CC.CC.CCC/C=C(/C=C\c1cc(OCC(O)CNC)ccc1C)c1ccc(NC)nc1. The van der Waals surface area contributed by atoms with Crippen molar-refractivity contribution in [1.82, 2.24) is 10.3 Å². The van der Waals surface area contributed by atoms with E-state index in [1.807, 2.05) is 72.3 Å². The van der Waals surface area contributed by atoms with Gasteiger partial charge in [0.05, 0.1) is 0 Å². The van der Waals surface area contributed by atoms with Crippen LogP contribution in [0.4, 0.5) is 5.82 Å². The molecule has 0 saturated carbocycles. The molecule has 0 saturated heterocycles. The minimum absolute atomic E-state index is 0.262. The Morgan fingerprint density at radius 3 is 2.42 bits per heavy atom. The smallest absolute Gasteiger partial charge is 0.125 e. The van der Waals surface area contributed by atoms with E-state index in [1.165, 1.54) is 5.56 Å². The third-order valence-corrected chi connectivity index (χ3v) is 4.58. The molecule has 0 amide bonds. The number of nitrogens with zero attached hydrogens (tertiary/aromatic N) is 1. The van der Waals surface area contributed by atoms with Gasteiger partial charge in [0.2, 0.25) is 0 Å². The van der Waals surface area contributed by atoms with Crippen molar-refractivity contribution >= 4 is 17.5 Å². The highest BCUT2D eigenvalue weighted by Crippen LogP contribution is 2.23. The maximum absolute atomic E-state index is 9.84. The third-order valence-electron chi connectivity index (χ3n) is 4.58. The minimum Gasteiger partial charge on any atom is -0.491 e. The third kappa shape index (κ3) is 11.7. The van der Waals surface area contributed by atoms with E-state index in [-0.39, 0.29) is 6.61 Å². The summed E-state index contributed by atoms with van der Waals surface area (Å²) in [4.78, 5) is 4.43. The molecule has 2 rings (SSSR count). The normalized spacial score (nSPS) is 11.7. The van der Waals surface area contributed by atoms with Crippen LogP contribution in [0.15, 0.2) is 48.7 Å². The first kappa shape index (κ1) is 30.4. The maximum atomic E-state index is 9.84. The van der Waals surface area contributed by atoms with Gasteiger partial charge in [0.25, 0.3) is 0 Å². The molecule has 33 heavy (non-hydrogen) atoms. The van der Waals surface area contributed by atoms with Crippen molar-refractivity contribution in [2.75, 3.05) is 32.6 Å². The van der Waals surface area contributed by atoms with Crippen LogP contribution < -0.4 is 15.4 Å². The van der Waals surface area contributed by atoms with Crippen molar-refractivity contribution in [2.24, 2.45) is 0 Å². The van der Waals surface area contributed by atoms with Gasteiger partial charge in [0, 0.05) is 19.8 Å². The number of benzene rings is 1. The zero-order valence-corrected chi connectivity index (χ0v) is 21.9. The second-order valence-corrected chi connectivity index (χ2v) is 7.00. The van der Waals surface area contributed by atoms with E-state index in [0.29, 0.717) is 6.54 Å². The molecular formula is C28H45N3O2. The Kier molecular flexibility index (Phi) is 17.4. The van der Waals surface area contributed by atoms with E-state index in [0.717, 1.165) is 41.1 Å². The summed E-state index contributed by atoms with van der Waals surface area (Å²) in [7, 11) is 3.68. The second-order valence-electron chi connectivity index (χ2n) is 7.00. The summed E-state index contributed by atoms with van der Waals surface area (Å²) in [5.74, 6) is 1.61. The summed E-state index contributed by atoms with van der Waals surface area (Å²) >= 11 is 0. The van der Waals surface area contributed by atoms with E-state index in [2.05, 4.69) is 53.8 Å². The number of hydrogen-bond acceptors (Lipinski definition) is 5. The highest BCUT2D eigenvalue weighted by molar-refractivity contribution is 5.79. The first-order valence-corrected chi connectivity index (χ1v) is 12.2. The predicted molar refractivity (Wildman–Crippen MR) is 145 cm³/mol. The molecule has 0 aliphatic rings. The van der Waals surface area contributed by atoms with Gasteiger partial charge in [-0.15, -0.1) is 0 Å². The number of likely N-dealkylation sites (N-methyl/N-ethyl adjacent to an activating group) is 1. The molecule has 0 radical (unpaired) electrons. The fourth-order valence-electron chi connectivity index (χ4n) is 2.85. The number of pyridine rings is 1. The van der Waals surface area contributed by atoms with Gasteiger partial charge in [-0.05, 0) is 66.9 Å². The summed E-state index contributed by atoms with van der Waals surface area (Å²) < 4.78 is 5.74. The van der Waals surface area contributed by atoms with E-state index in [4.69, 9.17) is 4.74 Å². The zero-order valence-electron chi connectivity index (χ0n) is 21.9. The first-order valence-electron chi connectivity index (χ1n) is 12.2. The molecule has 0 fully saturated rings. The van der Waals surface area contributed by atoms with Gasteiger partial charge in [-0.3, -0.25) is 0 Å². The fraction of sp³-hybridized carbons (Fsp3) is 0.464. The lowest BCUT2D eigenvalue weighted by atomic mass is 10.0. The summed E-state index contributed by atoms with van der Waals surface area (Å²) in [6.45, 7) is 13.0. The molecule has 1 aromatic carbocycles.